The molecule has 0 aromatic heterocycles. The van der Waals surface area contributed by atoms with E-state index in [4.69, 9.17) is 4.74 Å². The van der Waals surface area contributed by atoms with Crippen LogP contribution >= 0.6 is 0 Å². The molecule has 174 valence electrons. The lowest BCUT2D eigenvalue weighted by atomic mass is 9.96. The summed E-state index contributed by atoms with van der Waals surface area (Å²) in [6, 6.07) is 8.22. The summed E-state index contributed by atoms with van der Waals surface area (Å²) >= 11 is 0. The molecule has 6 nitrogen and oxygen atoms in total. The molecule has 2 saturated heterocycles. The molecule has 1 aromatic rings. The van der Waals surface area contributed by atoms with Gasteiger partial charge in [-0.1, -0.05) is 12.1 Å². The number of halogens is 3. The summed E-state index contributed by atoms with van der Waals surface area (Å²) in [4.78, 5) is 8.17. The SMILES string of the molecule is CN=C(NCC1CCN(Cc2ccc(OC)cc2)CC1)NC1CCN(CC(F)(F)F)C1. The molecular formula is C22H34F3N5O. The largest absolute Gasteiger partial charge is 0.497 e. The van der Waals surface area contributed by atoms with Crippen LogP contribution in [-0.4, -0.2) is 81.4 Å². The van der Waals surface area contributed by atoms with Crippen LogP contribution in [0.2, 0.25) is 0 Å². The van der Waals surface area contributed by atoms with Crippen molar-refractivity contribution in [2.45, 2.75) is 38.0 Å². The van der Waals surface area contributed by atoms with Gasteiger partial charge < -0.3 is 15.4 Å². The van der Waals surface area contributed by atoms with Crippen LogP contribution in [0.1, 0.15) is 24.8 Å². The van der Waals surface area contributed by atoms with Crippen molar-refractivity contribution in [3.63, 3.8) is 0 Å². The Labute approximate surface area is 182 Å². The van der Waals surface area contributed by atoms with Gasteiger partial charge in [-0.2, -0.15) is 13.2 Å². The summed E-state index contributed by atoms with van der Waals surface area (Å²) in [5, 5.41) is 6.65. The van der Waals surface area contributed by atoms with Gasteiger partial charge in [-0.25, -0.2) is 0 Å². The molecule has 0 saturated carbocycles. The highest BCUT2D eigenvalue weighted by molar-refractivity contribution is 5.80. The van der Waals surface area contributed by atoms with E-state index < -0.39 is 12.7 Å². The number of nitrogens with one attached hydrogen (secondary N) is 2. The van der Waals surface area contributed by atoms with Crippen molar-refractivity contribution in [3.05, 3.63) is 29.8 Å². The Morgan fingerprint density at radius 2 is 1.77 bits per heavy atom. The van der Waals surface area contributed by atoms with Crippen molar-refractivity contribution < 1.29 is 17.9 Å². The van der Waals surface area contributed by atoms with E-state index in [-0.39, 0.29) is 6.04 Å². The van der Waals surface area contributed by atoms with Crippen LogP contribution in [0.5, 0.6) is 5.75 Å². The summed E-state index contributed by atoms with van der Waals surface area (Å²) in [7, 11) is 3.38. The van der Waals surface area contributed by atoms with Gasteiger partial charge in [0.05, 0.1) is 13.7 Å². The molecule has 1 atom stereocenters. The van der Waals surface area contributed by atoms with Gasteiger partial charge in [0.2, 0.25) is 0 Å². The molecule has 1 aromatic carbocycles. The fourth-order valence-electron chi connectivity index (χ4n) is 4.31. The zero-order valence-corrected chi connectivity index (χ0v) is 18.4. The topological polar surface area (TPSA) is 52.1 Å². The van der Waals surface area contributed by atoms with E-state index in [9.17, 15) is 13.2 Å². The zero-order chi connectivity index (χ0) is 22.3. The van der Waals surface area contributed by atoms with Crippen molar-refractivity contribution in [3.8, 4) is 5.75 Å². The van der Waals surface area contributed by atoms with Crippen LogP contribution in [0, 0.1) is 5.92 Å². The van der Waals surface area contributed by atoms with Gasteiger partial charge in [-0.3, -0.25) is 14.8 Å². The number of rotatable bonds is 7. The monoisotopic (exact) mass is 441 g/mol. The number of hydrogen-bond acceptors (Lipinski definition) is 4. The number of ether oxygens (including phenoxy) is 1. The Balaban J connectivity index is 1.34. The van der Waals surface area contributed by atoms with Gasteiger partial charge in [0.25, 0.3) is 0 Å². The lowest BCUT2D eigenvalue weighted by molar-refractivity contribution is -0.143. The molecule has 3 rings (SSSR count). The van der Waals surface area contributed by atoms with Crippen molar-refractivity contribution in [1.29, 1.82) is 0 Å². The lowest BCUT2D eigenvalue weighted by Crippen LogP contribution is -2.47. The molecule has 1 unspecified atom stereocenters. The van der Waals surface area contributed by atoms with Gasteiger partial charge in [-0.15, -0.1) is 0 Å². The Hall–Kier alpha value is -2.00. The molecule has 0 amide bonds. The van der Waals surface area contributed by atoms with Crippen LogP contribution in [0.25, 0.3) is 0 Å². The van der Waals surface area contributed by atoms with E-state index in [1.807, 2.05) is 12.1 Å². The molecule has 2 aliphatic heterocycles. The van der Waals surface area contributed by atoms with E-state index in [1.165, 1.54) is 10.5 Å². The number of benzene rings is 1. The highest BCUT2D eigenvalue weighted by atomic mass is 19.4. The summed E-state index contributed by atoms with van der Waals surface area (Å²) < 4.78 is 42.9. The maximum absolute atomic E-state index is 12.6. The fourth-order valence-corrected chi connectivity index (χ4v) is 4.31. The Kier molecular flexibility index (Phi) is 8.43. The predicted molar refractivity (Wildman–Crippen MR) is 116 cm³/mol. The number of piperidine rings is 1. The van der Waals surface area contributed by atoms with Gasteiger partial charge in [0, 0.05) is 39.3 Å². The summed E-state index contributed by atoms with van der Waals surface area (Å²) in [5.41, 5.74) is 1.29. The third-order valence-corrected chi connectivity index (χ3v) is 6.07. The zero-order valence-electron chi connectivity index (χ0n) is 18.4. The minimum Gasteiger partial charge on any atom is -0.497 e. The third-order valence-electron chi connectivity index (χ3n) is 6.07. The Bertz CT molecular complexity index is 702. The summed E-state index contributed by atoms with van der Waals surface area (Å²) in [6.45, 7) is 3.90. The predicted octanol–water partition coefficient (Wildman–Crippen LogP) is 2.71. The normalized spacial score (nSPS) is 22.0. The number of alkyl halides is 3. The molecule has 2 heterocycles. The molecular weight excluding hydrogens is 407 g/mol. The van der Waals surface area contributed by atoms with Crippen LogP contribution in [0.3, 0.4) is 0 Å². The number of nitrogens with zero attached hydrogens (tertiary/aromatic N) is 3. The molecule has 2 aliphatic rings. The first kappa shape index (κ1) is 23.7. The number of likely N-dealkylation sites (tertiary alicyclic amines) is 2. The van der Waals surface area contributed by atoms with E-state index in [0.29, 0.717) is 31.4 Å². The molecule has 2 N–H and O–H groups in total. The van der Waals surface area contributed by atoms with E-state index in [2.05, 4.69) is 32.7 Å². The van der Waals surface area contributed by atoms with Crippen molar-refractivity contribution in [2.75, 3.05) is 53.4 Å². The van der Waals surface area contributed by atoms with Crippen molar-refractivity contribution in [2.24, 2.45) is 10.9 Å². The van der Waals surface area contributed by atoms with E-state index in [1.54, 1.807) is 14.2 Å². The smallest absolute Gasteiger partial charge is 0.401 e. The standard InChI is InChI=1S/C22H34F3N5O/c1-26-21(28-19-9-12-30(15-19)16-22(23,24)25)27-13-17-7-10-29(11-8-17)14-18-3-5-20(31-2)6-4-18/h3-6,17,19H,7-16H2,1-2H3,(H2,26,27,28). The number of aliphatic imine (C=N–C) groups is 1. The molecule has 0 spiro atoms. The second-order valence-electron chi connectivity index (χ2n) is 8.50. The van der Waals surface area contributed by atoms with Gasteiger partial charge in [-0.05, 0) is 56.0 Å². The quantitative estimate of drug-likeness (QED) is 0.504. The average molecular weight is 442 g/mol. The molecule has 0 bridgehead atoms. The summed E-state index contributed by atoms with van der Waals surface area (Å²) in [5.74, 6) is 2.12. The second kappa shape index (κ2) is 11.0. The maximum Gasteiger partial charge on any atom is 0.401 e. The first-order chi connectivity index (χ1) is 14.8. The van der Waals surface area contributed by atoms with E-state index >= 15 is 0 Å². The van der Waals surface area contributed by atoms with Crippen LogP contribution < -0.4 is 15.4 Å². The van der Waals surface area contributed by atoms with Gasteiger partial charge >= 0.3 is 6.18 Å². The maximum atomic E-state index is 12.6. The average Bonchev–Trinajstić information content (AvgIpc) is 3.17. The Morgan fingerprint density at radius 1 is 1.10 bits per heavy atom. The van der Waals surface area contributed by atoms with Crippen LogP contribution in [0.15, 0.2) is 29.3 Å². The lowest BCUT2D eigenvalue weighted by Gasteiger charge is -2.32. The minimum absolute atomic E-state index is 0.0000981. The number of hydrogen-bond donors (Lipinski definition) is 2. The highest BCUT2D eigenvalue weighted by Gasteiger charge is 2.34. The van der Waals surface area contributed by atoms with Crippen LogP contribution in [-0.2, 0) is 6.54 Å². The van der Waals surface area contributed by atoms with Crippen molar-refractivity contribution >= 4 is 5.96 Å². The molecule has 0 radical (unpaired) electrons. The van der Waals surface area contributed by atoms with E-state index in [0.717, 1.165) is 44.8 Å². The first-order valence-electron chi connectivity index (χ1n) is 11.0. The molecule has 31 heavy (non-hydrogen) atoms. The third kappa shape index (κ3) is 7.88. The highest BCUT2D eigenvalue weighted by Crippen LogP contribution is 2.21. The van der Waals surface area contributed by atoms with Crippen molar-refractivity contribution in [1.82, 2.24) is 20.4 Å². The molecule has 0 aliphatic carbocycles. The summed E-state index contributed by atoms with van der Waals surface area (Å²) in [6.07, 6.45) is -1.22. The molecule has 2 fully saturated rings. The molecule has 9 heteroatoms. The minimum atomic E-state index is -4.14. The Morgan fingerprint density at radius 3 is 2.39 bits per heavy atom. The number of guanidine groups is 1. The number of methoxy groups -OCH3 is 1. The fraction of sp³-hybridized carbons (Fsp3) is 0.682. The second-order valence-corrected chi connectivity index (χ2v) is 8.50. The van der Waals surface area contributed by atoms with Gasteiger partial charge in [0.1, 0.15) is 5.75 Å². The van der Waals surface area contributed by atoms with Crippen LogP contribution in [0.4, 0.5) is 13.2 Å². The first-order valence-corrected chi connectivity index (χ1v) is 11.0. The van der Waals surface area contributed by atoms with Gasteiger partial charge in [0.15, 0.2) is 5.96 Å².